The van der Waals surface area contributed by atoms with Crippen LogP contribution in [0.15, 0.2) is 30.3 Å². The third-order valence-corrected chi connectivity index (χ3v) is 5.98. The number of nitrogens with one attached hydrogen (secondary N) is 2. The van der Waals surface area contributed by atoms with Crippen LogP contribution >= 0.6 is 0 Å². The molecule has 1 aromatic rings. The highest BCUT2D eigenvalue weighted by atomic mass is 16.6. The second-order valence-electron chi connectivity index (χ2n) is 10.2. The van der Waals surface area contributed by atoms with Gasteiger partial charge in [-0.1, -0.05) is 30.3 Å². The number of carbonyl (C=O) groups excluding carboxylic acids is 4. The number of nitrogens with zero attached hydrogens (tertiary/aromatic N) is 1. The number of rotatable bonds is 14. The molecular weight excluding hydrogens is 478 g/mol. The zero-order chi connectivity index (χ0) is 28.2. The molecule has 0 aliphatic rings. The molecule has 10 heteroatoms. The van der Waals surface area contributed by atoms with Crippen molar-refractivity contribution in [1.82, 2.24) is 15.5 Å². The van der Waals surface area contributed by atoms with Crippen LogP contribution in [0, 0.1) is 5.92 Å². The second-order valence-corrected chi connectivity index (χ2v) is 10.2. The molecule has 0 aliphatic heterocycles. The Morgan fingerprint density at radius 2 is 1.65 bits per heavy atom. The van der Waals surface area contributed by atoms with Crippen molar-refractivity contribution in [3.8, 4) is 0 Å². The van der Waals surface area contributed by atoms with Gasteiger partial charge in [0.25, 0.3) is 0 Å². The minimum Gasteiger partial charge on any atom is -0.444 e. The standard InChI is InChI=1S/C27H43N3O7/c1-18(36-7)13-14-21(25(34)28-16-20-11-9-8-10-12-20)15-23(32)22(17-31)29-24(33)19(2)30(6)26(35)37-27(3,4)5/h8-12,18-19,21-22,31H,13-17H2,1-7H3,(H,28,34)(H,29,33)/t18?,19-,21?,22-/m0/s1. The van der Waals surface area contributed by atoms with Crippen LogP contribution in [-0.4, -0.2) is 78.3 Å². The molecule has 208 valence electrons. The summed E-state index contributed by atoms with van der Waals surface area (Å²) in [7, 11) is 2.99. The van der Waals surface area contributed by atoms with E-state index in [9.17, 15) is 24.3 Å². The molecule has 0 heterocycles. The lowest BCUT2D eigenvalue weighted by atomic mass is 9.92. The Bertz CT molecular complexity index is 886. The van der Waals surface area contributed by atoms with Gasteiger partial charge in [0.05, 0.1) is 12.7 Å². The molecule has 0 saturated carbocycles. The normalized spacial score (nSPS) is 14.6. The Morgan fingerprint density at radius 3 is 2.19 bits per heavy atom. The first-order valence-corrected chi connectivity index (χ1v) is 12.5. The fraction of sp³-hybridized carbons (Fsp3) is 0.630. The van der Waals surface area contributed by atoms with E-state index in [2.05, 4.69) is 10.6 Å². The smallest absolute Gasteiger partial charge is 0.410 e. The van der Waals surface area contributed by atoms with Crippen molar-refractivity contribution in [3.05, 3.63) is 35.9 Å². The molecule has 1 rings (SSSR count). The number of likely N-dealkylation sites (N-methyl/N-ethyl adjacent to an activating group) is 1. The number of hydrogen-bond donors (Lipinski definition) is 3. The molecular formula is C27H43N3O7. The minimum atomic E-state index is -1.22. The molecule has 2 unspecified atom stereocenters. The van der Waals surface area contributed by atoms with Crippen molar-refractivity contribution in [2.24, 2.45) is 5.92 Å². The third-order valence-electron chi connectivity index (χ3n) is 5.98. The van der Waals surface area contributed by atoms with E-state index < -0.39 is 48.0 Å². The highest BCUT2D eigenvalue weighted by molar-refractivity contribution is 5.94. The third kappa shape index (κ3) is 11.7. The van der Waals surface area contributed by atoms with Crippen LogP contribution in [0.25, 0.3) is 0 Å². The average Bonchev–Trinajstić information content (AvgIpc) is 2.86. The zero-order valence-corrected chi connectivity index (χ0v) is 23.1. The molecule has 0 aliphatic carbocycles. The van der Waals surface area contributed by atoms with Crippen LogP contribution in [0.4, 0.5) is 4.79 Å². The summed E-state index contributed by atoms with van der Waals surface area (Å²) in [6, 6.07) is 7.24. The quantitative estimate of drug-likeness (QED) is 0.342. The topological polar surface area (TPSA) is 134 Å². The van der Waals surface area contributed by atoms with Gasteiger partial charge in [0, 0.05) is 33.0 Å². The Morgan fingerprint density at radius 1 is 1.03 bits per heavy atom. The van der Waals surface area contributed by atoms with Gasteiger partial charge in [-0.3, -0.25) is 19.3 Å². The maximum absolute atomic E-state index is 13.0. The SMILES string of the molecule is COC(C)CCC(CC(=O)[C@H](CO)NC(=O)[C@H](C)N(C)C(=O)OC(C)(C)C)C(=O)NCc1ccccc1. The van der Waals surface area contributed by atoms with E-state index in [1.807, 2.05) is 37.3 Å². The molecule has 0 radical (unpaired) electrons. The molecule has 0 spiro atoms. The summed E-state index contributed by atoms with van der Waals surface area (Å²) in [4.78, 5) is 52.1. The Kier molecular flexibility index (Phi) is 13.3. The minimum absolute atomic E-state index is 0.0999. The largest absolute Gasteiger partial charge is 0.444 e. The number of benzene rings is 1. The maximum atomic E-state index is 13.0. The molecule has 0 aromatic heterocycles. The lowest BCUT2D eigenvalue weighted by Gasteiger charge is -2.29. The molecule has 0 fully saturated rings. The average molecular weight is 522 g/mol. The van der Waals surface area contributed by atoms with Crippen molar-refractivity contribution >= 4 is 23.7 Å². The molecule has 0 saturated heterocycles. The van der Waals surface area contributed by atoms with Crippen molar-refractivity contribution in [2.45, 2.75) is 84.2 Å². The Balaban J connectivity index is 2.84. The summed E-state index contributed by atoms with van der Waals surface area (Å²) in [5, 5.41) is 15.2. The van der Waals surface area contributed by atoms with Crippen molar-refractivity contribution in [1.29, 1.82) is 0 Å². The Hall–Kier alpha value is -2.98. The van der Waals surface area contributed by atoms with E-state index in [0.717, 1.165) is 10.5 Å². The van der Waals surface area contributed by atoms with Gasteiger partial charge in [-0.2, -0.15) is 0 Å². The molecule has 4 atom stereocenters. The number of ether oxygens (including phenoxy) is 2. The summed E-state index contributed by atoms with van der Waals surface area (Å²) in [5.74, 6) is -2.06. The van der Waals surface area contributed by atoms with Crippen LogP contribution in [0.3, 0.4) is 0 Å². The van der Waals surface area contributed by atoms with Crippen LogP contribution in [0.5, 0.6) is 0 Å². The molecule has 10 nitrogen and oxygen atoms in total. The van der Waals surface area contributed by atoms with E-state index in [4.69, 9.17) is 9.47 Å². The summed E-state index contributed by atoms with van der Waals surface area (Å²) in [6.45, 7) is 8.18. The molecule has 3 N–H and O–H groups in total. The van der Waals surface area contributed by atoms with Crippen LogP contribution < -0.4 is 10.6 Å². The molecule has 1 aromatic carbocycles. The number of hydrogen-bond acceptors (Lipinski definition) is 7. The lowest BCUT2D eigenvalue weighted by molar-refractivity contribution is -0.134. The van der Waals surface area contributed by atoms with Crippen LogP contribution in [0.1, 0.15) is 59.4 Å². The van der Waals surface area contributed by atoms with Gasteiger partial charge >= 0.3 is 6.09 Å². The monoisotopic (exact) mass is 521 g/mol. The lowest BCUT2D eigenvalue weighted by Crippen LogP contribution is -2.53. The number of ketones is 1. The van der Waals surface area contributed by atoms with Gasteiger partial charge < -0.3 is 25.2 Å². The number of Topliss-reactive ketones (excluding diaryl/α,β-unsaturated/α-hetero) is 1. The van der Waals surface area contributed by atoms with Crippen LogP contribution in [-0.2, 0) is 30.4 Å². The van der Waals surface area contributed by atoms with Crippen LogP contribution in [0.2, 0.25) is 0 Å². The predicted octanol–water partition coefficient (Wildman–Crippen LogP) is 2.43. The van der Waals surface area contributed by atoms with Crippen molar-refractivity contribution in [2.75, 3.05) is 20.8 Å². The number of carbonyl (C=O) groups is 4. The first-order chi connectivity index (χ1) is 17.3. The van der Waals surface area contributed by atoms with Crippen molar-refractivity contribution < 1.29 is 33.8 Å². The van der Waals surface area contributed by atoms with Gasteiger partial charge in [-0.05, 0) is 53.0 Å². The van der Waals surface area contributed by atoms with Gasteiger partial charge in [-0.15, -0.1) is 0 Å². The number of aliphatic hydroxyl groups excluding tert-OH is 1. The van der Waals surface area contributed by atoms with Gasteiger partial charge in [0.1, 0.15) is 17.7 Å². The second kappa shape index (κ2) is 15.3. The molecule has 37 heavy (non-hydrogen) atoms. The fourth-order valence-corrected chi connectivity index (χ4v) is 3.38. The first kappa shape index (κ1) is 32.0. The first-order valence-electron chi connectivity index (χ1n) is 12.5. The van der Waals surface area contributed by atoms with E-state index in [1.54, 1.807) is 27.9 Å². The van der Waals surface area contributed by atoms with Gasteiger partial charge in [0.15, 0.2) is 5.78 Å². The van der Waals surface area contributed by atoms with E-state index in [-0.39, 0.29) is 18.4 Å². The predicted molar refractivity (Wildman–Crippen MR) is 140 cm³/mol. The van der Waals surface area contributed by atoms with Gasteiger partial charge in [0.2, 0.25) is 11.8 Å². The highest BCUT2D eigenvalue weighted by Crippen LogP contribution is 2.17. The molecule has 3 amide bonds. The zero-order valence-electron chi connectivity index (χ0n) is 23.1. The van der Waals surface area contributed by atoms with E-state index in [1.165, 1.54) is 14.0 Å². The molecule has 0 bridgehead atoms. The van der Waals surface area contributed by atoms with Gasteiger partial charge in [-0.25, -0.2) is 4.79 Å². The highest BCUT2D eigenvalue weighted by Gasteiger charge is 2.31. The summed E-state index contributed by atoms with van der Waals surface area (Å²) in [5.41, 5.74) is 0.191. The van der Waals surface area contributed by atoms with Crippen molar-refractivity contribution in [3.63, 3.8) is 0 Å². The summed E-state index contributed by atoms with van der Waals surface area (Å²) in [6.07, 6.45) is -0.00733. The maximum Gasteiger partial charge on any atom is 0.410 e. The fourth-order valence-electron chi connectivity index (χ4n) is 3.38. The number of methoxy groups -OCH3 is 1. The van der Waals surface area contributed by atoms with E-state index in [0.29, 0.717) is 19.4 Å². The van der Waals surface area contributed by atoms with E-state index >= 15 is 0 Å². The Labute approximate surface area is 220 Å². The number of aliphatic hydroxyl groups is 1. The number of amides is 3. The summed E-state index contributed by atoms with van der Waals surface area (Å²) < 4.78 is 10.6. The summed E-state index contributed by atoms with van der Waals surface area (Å²) >= 11 is 0.